The van der Waals surface area contributed by atoms with Gasteiger partial charge < -0.3 is 9.80 Å². The van der Waals surface area contributed by atoms with E-state index in [-0.39, 0.29) is 11.8 Å². The van der Waals surface area contributed by atoms with Gasteiger partial charge >= 0.3 is 0 Å². The van der Waals surface area contributed by atoms with Gasteiger partial charge in [0.05, 0.1) is 0 Å². The summed E-state index contributed by atoms with van der Waals surface area (Å²) in [6.45, 7) is 2.20. The lowest BCUT2D eigenvalue weighted by Crippen LogP contribution is -2.50. The Morgan fingerprint density at radius 1 is 0.536 bits per heavy atom. The maximum absolute atomic E-state index is 13.0. The molecule has 1 fully saturated rings. The zero-order valence-electron chi connectivity index (χ0n) is 15.6. The first-order valence-electron chi connectivity index (χ1n) is 9.51. The molecule has 1 aliphatic rings. The molecule has 0 bridgehead atoms. The molecule has 0 unspecified atom stereocenters. The van der Waals surface area contributed by atoms with Gasteiger partial charge in [0.15, 0.2) is 0 Å². The third-order valence-corrected chi connectivity index (χ3v) is 5.09. The summed E-state index contributed by atoms with van der Waals surface area (Å²) in [5, 5.41) is 0. The minimum atomic E-state index is 0.0181. The number of benzene rings is 3. The number of hydrogen-bond acceptors (Lipinski definition) is 2. The summed E-state index contributed by atoms with van der Waals surface area (Å²) < 4.78 is 0. The van der Waals surface area contributed by atoms with Crippen molar-refractivity contribution in [2.24, 2.45) is 0 Å². The van der Waals surface area contributed by atoms with Crippen LogP contribution in [0.25, 0.3) is 11.1 Å². The zero-order chi connectivity index (χ0) is 19.3. The molecular formula is C24H22N2O2. The molecule has 0 aromatic heterocycles. The van der Waals surface area contributed by atoms with E-state index in [9.17, 15) is 9.59 Å². The molecule has 0 spiro atoms. The highest BCUT2D eigenvalue weighted by Crippen LogP contribution is 2.21. The van der Waals surface area contributed by atoms with E-state index in [0.29, 0.717) is 37.3 Å². The van der Waals surface area contributed by atoms with Gasteiger partial charge in [-0.15, -0.1) is 0 Å². The Labute approximate surface area is 165 Å². The number of carbonyl (C=O) groups is 2. The Morgan fingerprint density at radius 3 is 1.61 bits per heavy atom. The quantitative estimate of drug-likeness (QED) is 0.700. The van der Waals surface area contributed by atoms with E-state index in [1.807, 2.05) is 94.7 Å². The molecule has 2 amide bonds. The van der Waals surface area contributed by atoms with Crippen molar-refractivity contribution in [3.63, 3.8) is 0 Å². The van der Waals surface area contributed by atoms with E-state index in [2.05, 4.69) is 0 Å². The number of rotatable bonds is 3. The first-order valence-corrected chi connectivity index (χ1v) is 9.51. The van der Waals surface area contributed by atoms with Gasteiger partial charge in [-0.2, -0.15) is 0 Å². The molecule has 4 heteroatoms. The van der Waals surface area contributed by atoms with Gasteiger partial charge in [0.2, 0.25) is 0 Å². The smallest absolute Gasteiger partial charge is 0.253 e. The second-order valence-electron chi connectivity index (χ2n) is 6.90. The standard InChI is InChI=1S/C24H22N2O2/c27-23(20-10-5-2-6-11-20)25-14-16-26(17-15-25)24(28)22-13-7-12-21(18-22)19-8-3-1-4-9-19/h1-13,18H,14-17H2. The molecule has 1 saturated heterocycles. The van der Waals surface area contributed by atoms with Gasteiger partial charge in [-0.3, -0.25) is 9.59 Å². The summed E-state index contributed by atoms with van der Waals surface area (Å²) in [5.74, 6) is 0.0448. The second kappa shape index (κ2) is 8.09. The Hall–Kier alpha value is -3.40. The van der Waals surface area contributed by atoms with Crippen LogP contribution in [0.3, 0.4) is 0 Å². The van der Waals surface area contributed by atoms with Crippen LogP contribution in [0.5, 0.6) is 0 Å². The van der Waals surface area contributed by atoms with Gasteiger partial charge in [0.25, 0.3) is 11.8 Å². The summed E-state index contributed by atoms with van der Waals surface area (Å²) in [4.78, 5) is 29.2. The highest BCUT2D eigenvalue weighted by atomic mass is 16.2. The molecule has 0 aliphatic carbocycles. The van der Waals surface area contributed by atoms with Crippen molar-refractivity contribution in [1.82, 2.24) is 9.80 Å². The monoisotopic (exact) mass is 370 g/mol. The predicted molar refractivity (Wildman–Crippen MR) is 110 cm³/mol. The SMILES string of the molecule is O=C(c1ccccc1)N1CCN(C(=O)c2cccc(-c3ccccc3)c2)CC1. The zero-order valence-corrected chi connectivity index (χ0v) is 15.6. The van der Waals surface area contributed by atoms with Crippen LogP contribution in [-0.4, -0.2) is 47.8 Å². The molecule has 3 aromatic rings. The van der Waals surface area contributed by atoms with Crippen molar-refractivity contribution in [1.29, 1.82) is 0 Å². The number of hydrogen-bond donors (Lipinski definition) is 0. The van der Waals surface area contributed by atoms with Crippen molar-refractivity contribution < 1.29 is 9.59 Å². The minimum absolute atomic E-state index is 0.0181. The van der Waals surface area contributed by atoms with Gasteiger partial charge in [0, 0.05) is 37.3 Å². The number of amides is 2. The third kappa shape index (κ3) is 3.81. The van der Waals surface area contributed by atoms with Crippen LogP contribution in [0.1, 0.15) is 20.7 Å². The lowest BCUT2D eigenvalue weighted by molar-refractivity contribution is 0.0535. The van der Waals surface area contributed by atoms with Crippen LogP contribution in [0.15, 0.2) is 84.9 Å². The summed E-state index contributed by atoms with van der Waals surface area (Å²) in [6.07, 6.45) is 0. The summed E-state index contributed by atoms with van der Waals surface area (Å²) in [5.41, 5.74) is 3.50. The van der Waals surface area contributed by atoms with Crippen molar-refractivity contribution in [3.8, 4) is 11.1 Å². The van der Waals surface area contributed by atoms with Gasteiger partial charge in [-0.1, -0.05) is 60.7 Å². The largest absolute Gasteiger partial charge is 0.335 e. The molecule has 0 N–H and O–H groups in total. The molecular weight excluding hydrogens is 348 g/mol. The van der Waals surface area contributed by atoms with Gasteiger partial charge in [0.1, 0.15) is 0 Å². The lowest BCUT2D eigenvalue weighted by atomic mass is 10.0. The maximum Gasteiger partial charge on any atom is 0.253 e. The van der Waals surface area contributed by atoms with Gasteiger partial charge in [-0.05, 0) is 35.4 Å². The molecule has 4 rings (SSSR count). The van der Waals surface area contributed by atoms with Crippen LogP contribution < -0.4 is 0 Å². The number of piperazine rings is 1. The van der Waals surface area contributed by atoms with Crippen LogP contribution >= 0.6 is 0 Å². The number of carbonyl (C=O) groups excluding carboxylic acids is 2. The summed E-state index contributed by atoms with van der Waals surface area (Å²) in [7, 11) is 0. The van der Waals surface area contributed by atoms with Crippen LogP contribution in [-0.2, 0) is 0 Å². The van der Waals surface area contributed by atoms with Crippen molar-refractivity contribution in [2.45, 2.75) is 0 Å². The van der Waals surface area contributed by atoms with Crippen LogP contribution in [0.4, 0.5) is 0 Å². The molecule has 0 radical (unpaired) electrons. The van der Waals surface area contributed by atoms with E-state index in [0.717, 1.165) is 11.1 Å². The van der Waals surface area contributed by atoms with Crippen LogP contribution in [0, 0.1) is 0 Å². The summed E-state index contributed by atoms with van der Waals surface area (Å²) in [6, 6.07) is 27.1. The molecule has 1 heterocycles. The fourth-order valence-electron chi connectivity index (χ4n) is 3.52. The maximum atomic E-state index is 13.0. The molecule has 1 aliphatic heterocycles. The molecule has 0 saturated carbocycles. The first kappa shape index (κ1) is 18.0. The minimum Gasteiger partial charge on any atom is -0.335 e. The Balaban J connectivity index is 1.43. The molecule has 28 heavy (non-hydrogen) atoms. The van der Waals surface area contributed by atoms with Crippen LogP contribution in [0.2, 0.25) is 0 Å². The third-order valence-electron chi connectivity index (χ3n) is 5.09. The topological polar surface area (TPSA) is 40.6 Å². The number of nitrogens with zero attached hydrogens (tertiary/aromatic N) is 2. The lowest BCUT2D eigenvalue weighted by Gasteiger charge is -2.35. The van der Waals surface area contributed by atoms with Gasteiger partial charge in [-0.25, -0.2) is 0 Å². The molecule has 3 aromatic carbocycles. The fourth-order valence-corrected chi connectivity index (χ4v) is 3.52. The molecule has 0 atom stereocenters. The Kier molecular flexibility index (Phi) is 5.20. The average molecular weight is 370 g/mol. The van der Waals surface area contributed by atoms with Crippen molar-refractivity contribution in [3.05, 3.63) is 96.1 Å². The summed E-state index contributed by atoms with van der Waals surface area (Å²) >= 11 is 0. The van der Waals surface area contributed by atoms with E-state index >= 15 is 0 Å². The Bertz CT molecular complexity index is 962. The van der Waals surface area contributed by atoms with E-state index in [1.165, 1.54) is 0 Å². The normalized spacial score (nSPS) is 14.0. The fraction of sp³-hybridized carbons (Fsp3) is 0.167. The predicted octanol–water partition coefficient (Wildman–Crippen LogP) is 3.95. The first-order chi connectivity index (χ1) is 13.7. The van der Waals surface area contributed by atoms with E-state index in [1.54, 1.807) is 0 Å². The average Bonchev–Trinajstić information content (AvgIpc) is 2.79. The molecule has 4 nitrogen and oxygen atoms in total. The Morgan fingerprint density at radius 2 is 1.00 bits per heavy atom. The second-order valence-corrected chi connectivity index (χ2v) is 6.90. The van der Waals surface area contributed by atoms with E-state index in [4.69, 9.17) is 0 Å². The molecule has 140 valence electrons. The highest BCUT2D eigenvalue weighted by Gasteiger charge is 2.25. The van der Waals surface area contributed by atoms with Crippen molar-refractivity contribution in [2.75, 3.05) is 26.2 Å². The highest BCUT2D eigenvalue weighted by molar-refractivity contribution is 5.96. The van der Waals surface area contributed by atoms with Crippen molar-refractivity contribution >= 4 is 11.8 Å². The van der Waals surface area contributed by atoms with E-state index < -0.39 is 0 Å².